The van der Waals surface area contributed by atoms with Crippen molar-refractivity contribution < 1.29 is 13.5 Å². The maximum Gasteiger partial charge on any atom is 0.265 e. The number of nitrogens with zero attached hydrogens (tertiary/aromatic N) is 6. The fraction of sp³-hybridized carbons (Fsp3) is 0.179. The zero-order valence-corrected chi connectivity index (χ0v) is 21.1. The van der Waals surface area contributed by atoms with Crippen molar-refractivity contribution in [2.75, 3.05) is 12.8 Å². The van der Waals surface area contributed by atoms with Gasteiger partial charge in [-0.15, -0.1) is 0 Å². The van der Waals surface area contributed by atoms with E-state index in [9.17, 15) is 9.18 Å². The lowest BCUT2D eigenvalue weighted by Crippen LogP contribution is -2.28. The molecule has 2 aromatic carbocycles. The standard InChI is InChI=1S/C28H23F2N7O2/c1-15(26-34-19-11-7-6-10-17(19)28(38)36(26)16-8-4-3-5-9-16)37-27-21(25(31)32-14-33-27)24(35-37)18-12-13-20(39-2)23(30)22(18)29/h3-4,6-8,10-15H,5,9H2,1-2H3,(H2,31,32,33)/t15-/m0/s1. The van der Waals surface area contributed by atoms with E-state index < -0.39 is 17.7 Å². The summed E-state index contributed by atoms with van der Waals surface area (Å²) in [5.41, 5.74) is 7.52. The maximum absolute atomic E-state index is 15.2. The van der Waals surface area contributed by atoms with Gasteiger partial charge in [-0.3, -0.25) is 9.36 Å². The van der Waals surface area contributed by atoms with Crippen LogP contribution >= 0.6 is 0 Å². The molecule has 11 heteroatoms. The Kier molecular flexibility index (Phi) is 5.90. The molecule has 0 aliphatic heterocycles. The Morgan fingerprint density at radius 2 is 1.92 bits per heavy atom. The summed E-state index contributed by atoms with van der Waals surface area (Å²) in [4.78, 5) is 27.0. The number of benzene rings is 2. The van der Waals surface area contributed by atoms with Gasteiger partial charge in [0.25, 0.3) is 5.56 Å². The largest absolute Gasteiger partial charge is 0.494 e. The summed E-state index contributed by atoms with van der Waals surface area (Å²) < 4.78 is 37.9. The van der Waals surface area contributed by atoms with Gasteiger partial charge < -0.3 is 10.5 Å². The number of para-hydroxylation sites is 1. The molecule has 0 amide bonds. The topological polar surface area (TPSA) is 114 Å². The summed E-state index contributed by atoms with van der Waals surface area (Å²) in [6, 6.07) is 9.14. The van der Waals surface area contributed by atoms with Gasteiger partial charge in [0.15, 0.2) is 17.2 Å². The van der Waals surface area contributed by atoms with Crippen LogP contribution in [0.5, 0.6) is 5.75 Å². The molecule has 0 unspecified atom stereocenters. The average Bonchev–Trinajstić information content (AvgIpc) is 3.35. The predicted molar refractivity (Wildman–Crippen MR) is 144 cm³/mol. The highest BCUT2D eigenvalue weighted by Gasteiger charge is 2.28. The fourth-order valence-electron chi connectivity index (χ4n) is 4.92. The van der Waals surface area contributed by atoms with Gasteiger partial charge >= 0.3 is 0 Å². The van der Waals surface area contributed by atoms with Gasteiger partial charge in [0.1, 0.15) is 29.7 Å². The minimum absolute atomic E-state index is 0.0491. The smallest absolute Gasteiger partial charge is 0.265 e. The number of aromatic nitrogens is 6. The molecule has 5 aromatic rings. The van der Waals surface area contributed by atoms with Gasteiger partial charge in [-0.1, -0.05) is 24.3 Å². The van der Waals surface area contributed by atoms with Gasteiger partial charge in [0.2, 0.25) is 5.82 Å². The minimum Gasteiger partial charge on any atom is -0.494 e. The lowest BCUT2D eigenvalue weighted by molar-refractivity contribution is 0.372. The van der Waals surface area contributed by atoms with E-state index in [2.05, 4.69) is 15.1 Å². The lowest BCUT2D eigenvalue weighted by atomic mass is 10.1. The van der Waals surface area contributed by atoms with Crippen molar-refractivity contribution in [2.45, 2.75) is 25.8 Å². The Balaban J connectivity index is 1.62. The molecule has 1 atom stereocenters. The zero-order chi connectivity index (χ0) is 27.3. The van der Waals surface area contributed by atoms with Crippen molar-refractivity contribution in [2.24, 2.45) is 0 Å². The molecule has 0 bridgehead atoms. The third-order valence-corrected chi connectivity index (χ3v) is 6.86. The van der Waals surface area contributed by atoms with Crippen molar-refractivity contribution in [3.05, 3.63) is 88.8 Å². The molecule has 3 heterocycles. The molecule has 9 nitrogen and oxygen atoms in total. The number of halogens is 2. The molecule has 196 valence electrons. The van der Waals surface area contributed by atoms with Crippen LogP contribution < -0.4 is 16.0 Å². The normalized spacial score (nSPS) is 14.1. The van der Waals surface area contributed by atoms with Crippen molar-refractivity contribution >= 4 is 33.5 Å². The third-order valence-electron chi connectivity index (χ3n) is 6.86. The van der Waals surface area contributed by atoms with Crippen LogP contribution in [0.25, 0.3) is 38.9 Å². The molecule has 0 radical (unpaired) electrons. The van der Waals surface area contributed by atoms with Gasteiger partial charge in [-0.05, 0) is 50.1 Å². The van der Waals surface area contributed by atoms with Crippen LogP contribution in [0.15, 0.2) is 65.7 Å². The second kappa shape index (κ2) is 9.43. The van der Waals surface area contributed by atoms with Crippen molar-refractivity contribution in [3.63, 3.8) is 0 Å². The molecule has 0 fully saturated rings. The molecule has 3 aromatic heterocycles. The second-order valence-electron chi connectivity index (χ2n) is 9.12. The Bertz CT molecular complexity index is 1890. The number of nitrogens with two attached hydrogens (primary N) is 1. The molecule has 39 heavy (non-hydrogen) atoms. The Morgan fingerprint density at radius 1 is 1.10 bits per heavy atom. The van der Waals surface area contributed by atoms with E-state index in [0.717, 1.165) is 12.1 Å². The van der Waals surface area contributed by atoms with Crippen molar-refractivity contribution in [1.82, 2.24) is 29.3 Å². The zero-order valence-electron chi connectivity index (χ0n) is 21.1. The molecule has 1 aliphatic carbocycles. The SMILES string of the molecule is COc1ccc(-c2nn([C@@H](C)c3nc4ccccc4c(=O)n3C3=CC=CCC3)c3ncnc(N)c23)c(F)c1F. The molecule has 0 spiro atoms. The van der Waals surface area contributed by atoms with E-state index >= 15 is 4.39 Å². The van der Waals surface area contributed by atoms with E-state index in [1.807, 2.05) is 31.2 Å². The van der Waals surface area contributed by atoms with E-state index in [4.69, 9.17) is 15.5 Å². The van der Waals surface area contributed by atoms with Gasteiger partial charge in [-0.2, -0.15) is 9.49 Å². The Morgan fingerprint density at radius 3 is 2.69 bits per heavy atom. The van der Waals surface area contributed by atoms with Crippen LogP contribution in [-0.2, 0) is 0 Å². The summed E-state index contributed by atoms with van der Waals surface area (Å²) in [7, 11) is 1.25. The van der Waals surface area contributed by atoms with E-state index in [1.54, 1.807) is 22.8 Å². The van der Waals surface area contributed by atoms with Crippen LogP contribution in [0.3, 0.4) is 0 Å². The maximum atomic E-state index is 15.2. The number of ether oxygens (including phenoxy) is 1. The van der Waals surface area contributed by atoms with Crippen LogP contribution in [0.1, 0.15) is 31.6 Å². The average molecular weight is 528 g/mol. The number of rotatable bonds is 5. The van der Waals surface area contributed by atoms with Crippen LogP contribution in [-0.4, -0.2) is 36.4 Å². The number of hydrogen-bond acceptors (Lipinski definition) is 7. The number of allylic oxidation sites excluding steroid dienone is 4. The second-order valence-corrected chi connectivity index (χ2v) is 9.12. The number of fused-ring (bicyclic) bond motifs is 2. The van der Waals surface area contributed by atoms with Gasteiger partial charge in [0.05, 0.1) is 23.4 Å². The highest BCUT2D eigenvalue weighted by Crippen LogP contribution is 2.36. The highest BCUT2D eigenvalue weighted by molar-refractivity contribution is 5.98. The fourth-order valence-corrected chi connectivity index (χ4v) is 4.92. The lowest BCUT2D eigenvalue weighted by Gasteiger charge is -2.21. The Labute approximate surface area is 220 Å². The summed E-state index contributed by atoms with van der Waals surface area (Å²) in [5, 5.41) is 5.38. The van der Waals surface area contributed by atoms with E-state index in [0.29, 0.717) is 23.1 Å². The van der Waals surface area contributed by atoms with E-state index in [1.165, 1.54) is 30.3 Å². The summed E-state index contributed by atoms with van der Waals surface area (Å²) >= 11 is 0. The molecule has 0 saturated heterocycles. The predicted octanol–water partition coefficient (Wildman–Crippen LogP) is 4.87. The van der Waals surface area contributed by atoms with Gasteiger partial charge in [-0.25, -0.2) is 24.0 Å². The number of methoxy groups -OCH3 is 1. The molecule has 2 N–H and O–H groups in total. The first-order valence-electron chi connectivity index (χ1n) is 12.3. The van der Waals surface area contributed by atoms with Gasteiger partial charge in [0, 0.05) is 11.3 Å². The molecular formula is C28H23F2N7O2. The first-order chi connectivity index (χ1) is 18.9. The monoisotopic (exact) mass is 527 g/mol. The summed E-state index contributed by atoms with van der Waals surface area (Å²) in [6.07, 6.45) is 8.52. The van der Waals surface area contributed by atoms with Crippen LogP contribution in [0, 0.1) is 11.6 Å². The third kappa shape index (κ3) is 3.85. The highest BCUT2D eigenvalue weighted by atomic mass is 19.2. The molecule has 0 saturated carbocycles. The van der Waals surface area contributed by atoms with Crippen molar-refractivity contribution in [1.29, 1.82) is 0 Å². The number of nitrogen functional groups attached to an aromatic ring is 1. The molecule has 1 aliphatic rings. The molecular weight excluding hydrogens is 504 g/mol. The Hall–Kier alpha value is -4.93. The minimum atomic E-state index is -1.15. The van der Waals surface area contributed by atoms with Crippen LogP contribution in [0.4, 0.5) is 14.6 Å². The quantitative estimate of drug-likeness (QED) is 0.347. The van der Waals surface area contributed by atoms with Crippen molar-refractivity contribution in [3.8, 4) is 17.0 Å². The first-order valence-corrected chi connectivity index (χ1v) is 12.3. The number of anilines is 1. The van der Waals surface area contributed by atoms with Crippen LogP contribution in [0.2, 0.25) is 0 Å². The molecule has 6 rings (SSSR count). The first kappa shape index (κ1) is 24.4. The summed E-state index contributed by atoms with van der Waals surface area (Å²) in [6.45, 7) is 1.81. The summed E-state index contributed by atoms with van der Waals surface area (Å²) in [5.74, 6) is -2.07. The van der Waals surface area contributed by atoms with E-state index in [-0.39, 0.29) is 39.4 Å². The number of hydrogen-bond donors (Lipinski definition) is 1.